The van der Waals surface area contributed by atoms with Crippen LogP contribution in [0.15, 0.2) is 211 Å². The van der Waals surface area contributed by atoms with Crippen molar-refractivity contribution >= 4 is 134 Å². The number of ether oxygens (including phenoxy) is 6. The Balaban J connectivity index is 1.25. The Morgan fingerprint density at radius 3 is 0.440 bits per heavy atom. The zero-order valence-corrected chi connectivity index (χ0v) is 50.6. The van der Waals surface area contributed by atoms with Gasteiger partial charge in [0.25, 0.3) is 0 Å². The van der Waals surface area contributed by atoms with Crippen molar-refractivity contribution in [3.05, 3.63) is 215 Å². The predicted octanol–water partition coefficient (Wildman–Crippen LogP) is 16.8. The Bertz CT molecular complexity index is 3450. The van der Waals surface area contributed by atoms with Crippen molar-refractivity contribution < 1.29 is 57.2 Å². The van der Waals surface area contributed by atoms with E-state index in [1.165, 1.54) is 0 Å². The number of thioether (sulfide) groups is 6. The molecule has 0 radical (unpaired) electrons. The lowest BCUT2D eigenvalue weighted by molar-refractivity contribution is 0.108. The summed E-state index contributed by atoms with van der Waals surface area (Å²) in [6.07, 6.45) is 0. The molecule has 18 heteroatoms. The molecule has 0 aliphatic carbocycles. The lowest BCUT2D eigenvalue weighted by Crippen LogP contribution is -2.00. The van der Waals surface area contributed by atoms with Crippen LogP contribution >= 0.6 is 70.6 Å². The summed E-state index contributed by atoms with van der Waals surface area (Å²) < 4.78 is 32.3. The van der Waals surface area contributed by atoms with Crippen molar-refractivity contribution in [2.75, 3.05) is 42.7 Å². The molecule has 420 valence electrons. The average molecular weight is 1230 g/mol. The first-order valence-electron chi connectivity index (χ1n) is 25.5. The van der Waals surface area contributed by atoms with E-state index >= 15 is 0 Å². The van der Waals surface area contributed by atoms with E-state index in [0.717, 1.165) is 70.6 Å². The van der Waals surface area contributed by atoms with E-state index in [1.807, 2.05) is 36.4 Å². The molecule has 10 aromatic rings. The molecule has 84 heavy (non-hydrogen) atoms. The number of hydrogen-bond donors (Lipinski definition) is 0. The van der Waals surface area contributed by atoms with Gasteiger partial charge in [0, 0.05) is 62.8 Å². The molecule has 0 spiro atoms. The van der Waals surface area contributed by atoms with Gasteiger partial charge in [-0.25, -0.2) is 0 Å². The lowest BCUT2D eigenvalue weighted by atomic mass is 9.94. The van der Waals surface area contributed by atoms with Gasteiger partial charge in [-0.3, -0.25) is 28.8 Å². The van der Waals surface area contributed by atoms with Gasteiger partial charge in [-0.1, -0.05) is 0 Å². The fourth-order valence-corrected chi connectivity index (χ4v) is 14.3. The van der Waals surface area contributed by atoms with Crippen LogP contribution in [0.3, 0.4) is 0 Å². The van der Waals surface area contributed by atoms with Crippen LogP contribution in [0.5, 0.6) is 34.5 Å². The van der Waals surface area contributed by atoms with E-state index in [2.05, 4.69) is 0 Å². The van der Waals surface area contributed by atoms with E-state index in [-0.39, 0.29) is 30.7 Å². The minimum Gasteiger partial charge on any atom is -0.497 e. The molecule has 0 fully saturated rings. The molecule has 10 rings (SSSR count). The van der Waals surface area contributed by atoms with Crippen LogP contribution in [0.2, 0.25) is 0 Å². The molecule has 0 aliphatic rings. The number of rotatable bonds is 18. The van der Waals surface area contributed by atoms with Gasteiger partial charge < -0.3 is 28.4 Å². The average Bonchev–Trinajstić information content (AvgIpc) is 0.950. The number of hydrogen-bond acceptors (Lipinski definition) is 18. The third-order valence-electron chi connectivity index (χ3n) is 13.3. The van der Waals surface area contributed by atoms with E-state index < -0.39 is 0 Å². The first-order chi connectivity index (χ1) is 40.8. The van der Waals surface area contributed by atoms with Crippen LogP contribution in [0.4, 0.5) is 0 Å². The number of fused-ring (bicyclic) bond motifs is 6. The summed E-state index contributed by atoms with van der Waals surface area (Å²) in [5.41, 5.74) is 2.32. The highest BCUT2D eigenvalue weighted by molar-refractivity contribution is 8.18. The van der Waals surface area contributed by atoms with Crippen LogP contribution in [0.25, 0.3) is 32.3 Å². The van der Waals surface area contributed by atoms with Gasteiger partial charge in [0.05, 0.1) is 42.7 Å². The van der Waals surface area contributed by atoms with E-state index in [9.17, 15) is 28.8 Å². The van der Waals surface area contributed by atoms with Gasteiger partial charge in [-0.05, 0) is 285 Å². The minimum absolute atomic E-state index is 0.308. The molecule has 0 aromatic heterocycles. The summed E-state index contributed by atoms with van der Waals surface area (Å²) in [4.78, 5) is 89.5. The molecule has 0 saturated carbocycles. The minimum atomic E-state index is -0.308. The summed E-state index contributed by atoms with van der Waals surface area (Å²) in [5, 5.41) is 1.86. The number of carbonyl (C=O) groups excluding carboxylic acids is 6. The summed E-state index contributed by atoms with van der Waals surface area (Å²) in [5.74, 6) is 3.41. The zero-order valence-electron chi connectivity index (χ0n) is 45.7. The maximum absolute atomic E-state index is 14.5. The molecule has 0 N–H and O–H groups in total. The van der Waals surface area contributed by atoms with Crippen molar-refractivity contribution in [1.82, 2.24) is 0 Å². The third-order valence-corrected chi connectivity index (χ3v) is 19.6. The quantitative estimate of drug-likeness (QED) is 0.0589. The maximum Gasteiger partial charge on any atom is 0.224 e. The van der Waals surface area contributed by atoms with Crippen molar-refractivity contribution in [1.29, 1.82) is 0 Å². The highest BCUT2D eigenvalue weighted by Gasteiger charge is 2.26. The second-order valence-electron chi connectivity index (χ2n) is 18.2. The zero-order chi connectivity index (χ0) is 59.0. The van der Waals surface area contributed by atoms with Crippen LogP contribution < -0.4 is 28.4 Å². The Morgan fingerprint density at radius 1 is 0.214 bits per heavy atom. The van der Waals surface area contributed by atoms with Crippen LogP contribution in [-0.2, 0) is 0 Å². The molecular formula is C66H48O12S6. The smallest absolute Gasteiger partial charge is 0.224 e. The molecule has 0 unspecified atom stereocenters. The van der Waals surface area contributed by atoms with Gasteiger partial charge in [0.1, 0.15) is 34.5 Å². The maximum atomic E-state index is 14.5. The Hall–Kier alpha value is -8.10. The second kappa shape index (κ2) is 26.6. The highest BCUT2D eigenvalue weighted by atomic mass is 32.2. The fraction of sp³-hybridized carbons (Fsp3) is 0.0909. The van der Waals surface area contributed by atoms with E-state index in [1.54, 1.807) is 188 Å². The number of benzene rings is 10. The highest BCUT2D eigenvalue weighted by Crippen LogP contribution is 2.49. The normalized spacial score (nSPS) is 11.1. The Kier molecular flexibility index (Phi) is 18.7. The van der Waals surface area contributed by atoms with Crippen molar-refractivity contribution in [2.24, 2.45) is 0 Å². The van der Waals surface area contributed by atoms with Crippen molar-refractivity contribution in [2.45, 2.75) is 29.4 Å². The molecule has 0 bridgehead atoms. The van der Waals surface area contributed by atoms with Gasteiger partial charge >= 0.3 is 0 Å². The number of methoxy groups -OCH3 is 6. The van der Waals surface area contributed by atoms with Crippen molar-refractivity contribution in [3.63, 3.8) is 0 Å². The van der Waals surface area contributed by atoms with Crippen LogP contribution in [-0.4, -0.2) is 73.4 Å². The monoisotopic (exact) mass is 1220 g/mol. The van der Waals surface area contributed by atoms with Crippen molar-refractivity contribution in [3.8, 4) is 34.5 Å². The topological polar surface area (TPSA) is 158 Å². The molecule has 0 amide bonds. The molecule has 10 aromatic carbocycles. The molecular weight excluding hydrogens is 1180 g/mol. The van der Waals surface area contributed by atoms with Gasteiger partial charge in [-0.15, -0.1) is 0 Å². The molecule has 0 atom stereocenters. The van der Waals surface area contributed by atoms with Gasteiger partial charge in [0.2, 0.25) is 30.7 Å². The standard InChI is InChI=1S/C66H48O12S6/c1-73-43-19-7-37(8-20-43)61(67)79-55-31-49-50(32-56(55)80-62(68)38-9-21-44(74-2)22-10-38)52-34-58(82-64(70)40-13-25-46(76-4)26-14-40)60(84-66(72)42-17-29-48(78-6)30-18-42)36-54(52)53-35-59(83-65(71)41-15-27-47(77-5)28-16-41)57(33-51(49)53)81-63(69)39-11-23-45(75-3)24-12-39/h7-36H,1-6H3. The predicted molar refractivity (Wildman–Crippen MR) is 338 cm³/mol. The third kappa shape index (κ3) is 13.3. The molecule has 0 heterocycles. The Labute approximate surface area is 509 Å². The van der Waals surface area contributed by atoms with E-state index in [0.29, 0.717) is 130 Å². The van der Waals surface area contributed by atoms with Crippen LogP contribution in [0, 0.1) is 0 Å². The Morgan fingerprint density at radius 2 is 0.333 bits per heavy atom. The SMILES string of the molecule is COc1ccc(C(=O)Sc2cc3c4cc(SC(=O)c5ccc(OC)cc5)c(SC(=O)c5ccc(OC)cc5)cc4c4cc(SC(=O)c5ccc(OC)cc5)c(SC(=O)c5ccc(OC)cc5)cc4c3cc2SC(=O)c2ccc(OC)cc2)cc1. The molecule has 12 nitrogen and oxygen atoms in total. The summed E-state index contributed by atoms with van der Waals surface area (Å²) >= 11 is 5.70. The summed E-state index contributed by atoms with van der Waals surface area (Å²) in [6.45, 7) is 0. The molecule has 0 aliphatic heterocycles. The van der Waals surface area contributed by atoms with Crippen LogP contribution in [0.1, 0.15) is 62.1 Å². The summed E-state index contributed by atoms with van der Waals surface area (Å²) in [7, 11) is 9.25. The lowest BCUT2D eigenvalue weighted by Gasteiger charge is -2.19. The molecule has 0 saturated heterocycles. The second-order valence-corrected chi connectivity index (χ2v) is 24.3. The van der Waals surface area contributed by atoms with Gasteiger partial charge in [-0.2, -0.15) is 0 Å². The summed E-state index contributed by atoms with van der Waals surface area (Å²) in [6, 6.07) is 51.6. The first kappa shape index (κ1) is 59.1. The fourth-order valence-electron chi connectivity index (χ4n) is 8.81. The largest absolute Gasteiger partial charge is 0.497 e. The van der Waals surface area contributed by atoms with E-state index in [4.69, 9.17) is 28.4 Å². The first-order valence-corrected chi connectivity index (χ1v) is 30.4. The van der Waals surface area contributed by atoms with Gasteiger partial charge in [0.15, 0.2) is 0 Å². The number of carbonyl (C=O) groups is 6.